The molecule has 0 aromatic carbocycles. The highest BCUT2D eigenvalue weighted by Gasteiger charge is 2.50. The second-order valence-corrected chi connectivity index (χ2v) is 5.66. The number of aromatic nitrogens is 2. The van der Waals surface area contributed by atoms with E-state index in [0.29, 0.717) is 11.6 Å². The average Bonchev–Trinajstić information content (AvgIpc) is 2.96. The van der Waals surface area contributed by atoms with Gasteiger partial charge in [-0.15, -0.1) is 0 Å². The van der Waals surface area contributed by atoms with Crippen LogP contribution in [0.2, 0.25) is 0 Å². The van der Waals surface area contributed by atoms with Crippen molar-refractivity contribution in [1.29, 1.82) is 0 Å². The largest absolute Gasteiger partial charge is 0.384 e. The van der Waals surface area contributed by atoms with Gasteiger partial charge >= 0.3 is 0 Å². The van der Waals surface area contributed by atoms with E-state index >= 15 is 0 Å². The van der Waals surface area contributed by atoms with Crippen molar-refractivity contribution in [3.63, 3.8) is 0 Å². The van der Waals surface area contributed by atoms with Gasteiger partial charge in [0, 0.05) is 31.8 Å². The van der Waals surface area contributed by atoms with Crippen LogP contribution in [0.3, 0.4) is 0 Å². The Balaban J connectivity index is 1.77. The Labute approximate surface area is 113 Å². The van der Waals surface area contributed by atoms with Crippen molar-refractivity contribution in [3.8, 4) is 0 Å². The lowest BCUT2D eigenvalue weighted by molar-refractivity contribution is 0.0622. The Kier molecular flexibility index (Phi) is 3.22. The van der Waals surface area contributed by atoms with Crippen LogP contribution in [0.5, 0.6) is 0 Å². The Morgan fingerprint density at radius 1 is 1.63 bits per heavy atom. The van der Waals surface area contributed by atoms with Crippen molar-refractivity contribution in [2.75, 3.05) is 26.8 Å². The number of nitrogens with zero attached hydrogens (tertiary/aromatic N) is 3. The Morgan fingerprint density at radius 3 is 3.26 bits per heavy atom. The van der Waals surface area contributed by atoms with E-state index in [1.165, 1.54) is 25.6 Å². The molecule has 1 saturated carbocycles. The van der Waals surface area contributed by atoms with E-state index < -0.39 is 0 Å². The van der Waals surface area contributed by atoms with Gasteiger partial charge in [0.1, 0.15) is 12.0 Å². The number of hydrogen-bond donors (Lipinski definition) is 0. The number of ether oxygens (including phenoxy) is 1. The summed E-state index contributed by atoms with van der Waals surface area (Å²) in [6.07, 6.45) is 6.66. The van der Waals surface area contributed by atoms with E-state index in [4.69, 9.17) is 4.74 Å². The third-order valence-corrected chi connectivity index (χ3v) is 4.56. The number of amides is 1. The van der Waals surface area contributed by atoms with E-state index in [1.54, 1.807) is 19.4 Å². The van der Waals surface area contributed by atoms with Crippen LogP contribution in [0.25, 0.3) is 0 Å². The third-order valence-electron chi connectivity index (χ3n) is 4.56. The number of fused-ring (bicyclic) bond motifs is 1. The van der Waals surface area contributed by atoms with Crippen molar-refractivity contribution in [2.45, 2.75) is 19.3 Å². The molecule has 1 aromatic heterocycles. The van der Waals surface area contributed by atoms with Crippen LogP contribution < -0.4 is 0 Å². The highest BCUT2D eigenvalue weighted by atomic mass is 16.5. The minimum Gasteiger partial charge on any atom is -0.384 e. The van der Waals surface area contributed by atoms with E-state index in [0.717, 1.165) is 19.7 Å². The lowest BCUT2D eigenvalue weighted by atomic mass is 9.82. The fourth-order valence-corrected chi connectivity index (χ4v) is 3.67. The minimum absolute atomic E-state index is 0.0206. The molecule has 3 rings (SSSR count). The van der Waals surface area contributed by atoms with E-state index in [9.17, 15) is 4.79 Å². The van der Waals surface area contributed by atoms with E-state index in [2.05, 4.69) is 9.97 Å². The van der Waals surface area contributed by atoms with Gasteiger partial charge in [-0.3, -0.25) is 4.79 Å². The SMILES string of the molecule is COC[C@]12CCC[C@H]1CN(C(=O)c1ccncn1)C2. The lowest BCUT2D eigenvalue weighted by Gasteiger charge is -2.27. The molecule has 1 aliphatic heterocycles. The third kappa shape index (κ3) is 2.12. The molecule has 0 radical (unpaired) electrons. The Bertz CT molecular complexity index is 465. The van der Waals surface area contributed by atoms with Crippen molar-refractivity contribution in [1.82, 2.24) is 14.9 Å². The highest BCUT2D eigenvalue weighted by molar-refractivity contribution is 5.92. The summed E-state index contributed by atoms with van der Waals surface area (Å²) in [7, 11) is 1.75. The molecule has 0 N–H and O–H groups in total. The minimum atomic E-state index is 0.0206. The van der Waals surface area contributed by atoms with Gasteiger partial charge in [0.2, 0.25) is 0 Å². The van der Waals surface area contributed by atoms with Crippen molar-refractivity contribution in [2.24, 2.45) is 11.3 Å². The monoisotopic (exact) mass is 261 g/mol. The van der Waals surface area contributed by atoms with Crippen LogP contribution >= 0.6 is 0 Å². The van der Waals surface area contributed by atoms with Crippen LogP contribution in [0.15, 0.2) is 18.6 Å². The van der Waals surface area contributed by atoms with Gasteiger partial charge in [-0.2, -0.15) is 0 Å². The molecule has 1 aromatic rings. The zero-order valence-corrected chi connectivity index (χ0v) is 11.2. The lowest BCUT2D eigenvalue weighted by Crippen LogP contribution is -2.34. The predicted molar refractivity (Wildman–Crippen MR) is 69.6 cm³/mol. The number of hydrogen-bond acceptors (Lipinski definition) is 4. The summed E-state index contributed by atoms with van der Waals surface area (Å²) in [5.74, 6) is 0.602. The van der Waals surface area contributed by atoms with E-state index in [1.807, 2.05) is 4.90 Å². The first kappa shape index (κ1) is 12.5. The molecule has 1 saturated heterocycles. The summed E-state index contributed by atoms with van der Waals surface area (Å²) in [5.41, 5.74) is 0.666. The standard InChI is InChI=1S/C14H19N3O2/c1-19-9-14-5-2-3-11(14)7-17(8-14)13(18)12-4-6-15-10-16-12/h4,6,10-11H,2-3,5,7-9H2,1H3/t11-,14+/m0/s1. The first-order valence-electron chi connectivity index (χ1n) is 6.79. The maximum Gasteiger partial charge on any atom is 0.272 e. The number of likely N-dealkylation sites (tertiary alicyclic amines) is 1. The van der Waals surface area contributed by atoms with Crippen molar-refractivity contribution >= 4 is 5.91 Å². The summed E-state index contributed by atoms with van der Waals surface area (Å²) < 4.78 is 5.40. The van der Waals surface area contributed by atoms with Gasteiger partial charge < -0.3 is 9.64 Å². The van der Waals surface area contributed by atoms with Crippen LogP contribution in [-0.4, -0.2) is 47.6 Å². The summed E-state index contributed by atoms with van der Waals surface area (Å²) in [6, 6.07) is 1.68. The van der Waals surface area contributed by atoms with Crippen LogP contribution in [0.4, 0.5) is 0 Å². The summed E-state index contributed by atoms with van der Waals surface area (Å²) in [6.45, 7) is 2.39. The molecule has 1 amide bonds. The smallest absolute Gasteiger partial charge is 0.272 e. The van der Waals surface area contributed by atoms with Gasteiger partial charge in [-0.1, -0.05) is 6.42 Å². The molecule has 0 bridgehead atoms. The van der Waals surface area contributed by atoms with Gasteiger partial charge in [0.05, 0.1) is 6.61 Å². The highest BCUT2D eigenvalue weighted by Crippen LogP contribution is 2.48. The number of methoxy groups -OCH3 is 1. The topological polar surface area (TPSA) is 55.3 Å². The number of carbonyl (C=O) groups excluding carboxylic acids is 1. The zero-order valence-electron chi connectivity index (χ0n) is 11.2. The molecule has 1 aliphatic carbocycles. The average molecular weight is 261 g/mol. The van der Waals surface area contributed by atoms with Crippen molar-refractivity contribution < 1.29 is 9.53 Å². The molecule has 2 heterocycles. The first-order valence-corrected chi connectivity index (χ1v) is 6.79. The number of rotatable bonds is 3. The molecule has 102 valence electrons. The first-order chi connectivity index (χ1) is 9.25. The van der Waals surface area contributed by atoms with Gasteiger partial charge in [-0.25, -0.2) is 9.97 Å². The van der Waals surface area contributed by atoms with Crippen LogP contribution in [-0.2, 0) is 4.74 Å². The fourth-order valence-electron chi connectivity index (χ4n) is 3.67. The summed E-state index contributed by atoms with van der Waals surface area (Å²) in [5, 5.41) is 0. The molecular formula is C14H19N3O2. The Hall–Kier alpha value is -1.49. The second kappa shape index (κ2) is 4.89. The second-order valence-electron chi connectivity index (χ2n) is 5.66. The Morgan fingerprint density at radius 2 is 2.53 bits per heavy atom. The van der Waals surface area contributed by atoms with Crippen LogP contribution in [0, 0.1) is 11.3 Å². The van der Waals surface area contributed by atoms with Crippen molar-refractivity contribution in [3.05, 3.63) is 24.3 Å². The molecule has 0 spiro atoms. The fraction of sp³-hybridized carbons (Fsp3) is 0.643. The number of carbonyl (C=O) groups is 1. The molecule has 5 nitrogen and oxygen atoms in total. The molecule has 2 aliphatic rings. The van der Waals surface area contributed by atoms with Gasteiger partial charge in [0.25, 0.3) is 5.91 Å². The molecule has 19 heavy (non-hydrogen) atoms. The normalized spacial score (nSPS) is 29.5. The summed E-state index contributed by atoms with van der Waals surface area (Å²) >= 11 is 0. The molecule has 2 fully saturated rings. The predicted octanol–water partition coefficient (Wildman–Crippen LogP) is 1.37. The molecule has 5 heteroatoms. The van der Waals surface area contributed by atoms with Gasteiger partial charge in [-0.05, 0) is 24.8 Å². The van der Waals surface area contributed by atoms with Gasteiger partial charge in [0.15, 0.2) is 0 Å². The maximum atomic E-state index is 12.4. The maximum absolute atomic E-state index is 12.4. The molecular weight excluding hydrogens is 242 g/mol. The van der Waals surface area contributed by atoms with E-state index in [-0.39, 0.29) is 11.3 Å². The summed E-state index contributed by atoms with van der Waals surface area (Å²) in [4.78, 5) is 22.3. The molecule has 0 unspecified atom stereocenters. The molecule has 2 atom stereocenters. The van der Waals surface area contributed by atoms with Crippen LogP contribution in [0.1, 0.15) is 29.8 Å². The zero-order chi connectivity index (χ0) is 13.3. The quantitative estimate of drug-likeness (QED) is 0.824.